The van der Waals surface area contributed by atoms with Crippen LogP contribution in [0.1, 0.15) is 16.7 Å². The molecule has 0 saturated carbocycles. The van der Waals surface area contributed by atoms with Gasteiger partial charge in [0.05, 0.1) is 4.90 Å². The molecule has 1 N–H and O–H groups in total. The Bertz CT molecular complexity index is 737. The summed E-state index contributed by atoms with van der Waals surface area (Å²) in [6.07, 6.45) is 1.39. The Balaban J connectivity index is 2.46. The molecule has 0 fully saturated rings. The maximum absolute atomic E-state index is 12.5. The number of hydrogen-bond donors (Lipinski definition) is 1. The number of aromatic nitrogens is 2. The first-order chi connectivity index (χ1) is 9.29. The molecular formula is C13H14ClN3O2S. The average Bonchev–Trinajstić information content (AvgIpc) is 2.25. The number of nitrogens with one attached hydrogen (secondary N) is 1. The molecule has 1 aromatic heterocycles. The zero-order chi connectivity index (χ0) is 14.9. The quantitative estimate of drug-likeness (QED) is 0.885. The van der Waals surface area contributed by atoms with Gasteiger partial charge in [0.15, 0.2) is 0 Å². The highest BCUT2D eigenvalue weighted by Crippen LogP contribution is 2.23. The zero-order valence-corrected chi connectivity index (χ0v) is 12.9. The van der Waals surface area contributed by atoms with Crippen molar-refractivity contribution in [1.82, 2.24) is 9.97 Å². The second-order valence-corrected chi connectivity index (χ2v) is 6.50. The number of benzene rings is 1. The third-order valence-corrected chi connectivity index (χ3v) is 4.58. The first kappa shape index (κ1) is 14.7. The van der Waals surface area contributed by atoms with Crippen molar-refractivity contribution in [3.05, 3.63) is 46.4 Å². The van der Waals surface area contributed by atoms with Crippen LogP contribution >= 0.6 is 11.6 Å². The predicted octanol–water partition coefficient (Wildman–Crippen LogP) is 2.86. The number of anilines is 1. The molecule has 0 aliphatic heterocycles. The monoisotopic (exact) mass is 311 g/mol. The summed E-state index contributed by atoms with van der Waals surface area (Å²) < 4.78 is 27.3. The van der Waals surface area contributed by atoms with Gasteiger partial charge in [-0.05, 0) is 49.6 Å². The number of hydrogen-bond acceptors (Lipinski definition) is 4. The molecule has 20 heavy (non-hydrogen) atoms. The lowest BCUT2D eigenvalue weighted by atomic mass is 10.1. The highest BCUT2D eigenvalue weighted by molar-refractivity contribution is 7.92. The van der Waals surface area contributed by atoms with Gasteiger partial charge in [0.25, 0.3) is 10.0 Å². The maximum atomic E-state index is 12.5. The van der Waals surface area contributed by atoms with E-state index in [4.69, 9.17) is 11.6 Å². The average molecular weight is 312 g/mol. The molecule has 0 unspecified atom stereocenters. The predicted molar refractivity (Wildman–Crippen MR) is 78.5 cm³/mol. The van der Waals surface area contributed by atoms with Gasteiger partial charge < -0.3 is 0 Å². The molecule has 0 saturated heterocycles. The summed E-state index contributed by atoms with van der Waals surface area (Å²) in [6.45, 7) is 5.46. The van der Waals surface area contributed by atoms with Crippen LogP contribution in [0.5, 0.6) is 0 Å². The fourth-order valence-electron chi connectivity index (χ4n) is 2.17. The van der Waals surface area contributed by atoms with Crippen LogP contribution in [0.3, 0.4) is 0 Å². The molecule has 2 aromatic rings. The molecule has 2 rings (SSSR count). The van der Waals surface area contributed by atoms with Crippen molar-refractivity contribution >= 4 is 27.4 Å². The van der Waals surface area contributed by atoms with Crippen molar-refractivity contribution in [2.75, 3.05) is 4.72 Å². The molecule has 0 amide bonds. The van der Waals surface area contributed by atoms with E-state index in [1.165, 1.54) is 12.3 Å². The van der Waals surface area contributed by atoms with Crippen molar-refractivity contribution < 1.29 is 8.42 Å². The van der Waals surface area contributed by atoms with Crippen LogP contribution in [0.2, 0.25) is 5.28 Å². The van der Waals surface area contributed by atoms with Crippen molar-refractivity contribution in [1.29, 1.82) is 0 Å². The molecule has 1 aromatic carbocycles. The summed E-state index contributed by atoms with van der Waals surface area (Å²) >= 11 is 5.65. The van der Waals surface area contributed by atoms with Crippen LogP contribution in [0, 0.1) is 20.8 Å². The topological polar surface area (TPSA) is 72.0 Å². The van der Waals surface area contributed by atoms with Crippen LogP contribution in [0.25, 0.3) is 0 Å². The van der Waals surface area contributed by atoms with Gasteiger partial charge in [-0.15, -0.1) is 0 Å². The third-order valence-electron chi connectivity index (χ3n) is 2.74. The summed E-state index contributed by atoms with van der Waals surface area (Å²) in [5, 5.41) is -0.0115. The largest absolute Gasteiger partial charge is 0.263 e. The Morgan fingerprint density at radius 2 is 1.75 bits per heavy atom. The summed E-state index contributed by atoms with van der Waals surface area (Å²) in [4.78, 5) is 7.80. The van der Waals surface area contributed by atoms with Crippen molar-refractivity contribution in [2.45, 2.75) is 25.7 Å². The maximum Gasteiger partial charge on any atom is 0.263 e. The zero-order valence-electron chi connectivity index (χ0n) is 11.3. The molecule has 0 atom stereocenters. The SMILES string of the molecule is Cc1cc(C)c(S(=O)(=O)Nc2ccnc(Cl)n2)c(C)c1. The van der Waals surface area contributed by atoms with Gasteiger partial charge >= 0.3 is 0 Å². The lowest BCUT2D eigenvalue weighted by Crippen LogP contribution is -2.16. The highest BCUT2D eigenvalue weighted by Gasteiger charge is 2.20. The number of sulfonamides is 1. The van der Waals surface area contributed by atoms with E-state index in [2.05, 4.69) is 14.7 Å². The Morgan fingerprint density at radius 1 is 1.15 bits per heavy atom. The fourth-order valence-corrected chi connectivity index (χ4v) is 3.78. The summed E-state index contributed by atoms with van der Waals surface area (Å²) in [6, 6.07) is 5.10. The molecule has 0 aliphatic carbocycles. The fraction of sp³-hybridized carbons (Fsp3) is 0.231. The van der Waals surface area contributed by atoms with Crippen LogP contribution in [0.4, 0.5) is 5.82 Å². The minimum atomic E-state index is -3.71. The van der Waals surface area contributed by atoms with Crippen LogP contribution < -0.4 is 4.72 Å². The minimum Gasteiger partial charge on any atom is -0.263 e. The molecule has 0 radical (unpaired) electrons. The van der Waals surface area contributed by atoms with Crippen LogP contribution in [-0.4, -0.2) is 18.4 Å². The third kappa shape index (κ3) is 3.08. The molecule has 7 heteroatoms. The van der Waals surface area contributed by atoms with Gasteiger partial charge in [-0.1, -0.05) is 17.7 Å². The van der Waals surface area contributed by atoms with Crippen LogP contribution in [0.15, 0.2) is 29.3 Å². The Hall–Kier alpha value is -1.66. The normalized spacial score (nSPS) is 11.4. The summed E-state index contributed by atoms with van der Waals surface area (Å²) in [5.41, 5.74) is 2.40. The second kappa shape index (κ2) is 5.38. The van der Waals surface area contributed by atoms with Gasteiger partial charge in [-0.25, -0.2) is 13.4 Å². The van der Waals surface area contributed by atoms with Crippen molar-refractivity contribution in [2.24, 2.45) is 0 Å². The summed E-state index contributed by atoms with van der Waals surface area (Å²) in [7, 11) is -3.71. The molecule has 0 aliphatic rings. The van der Waals surface area contributed by atoms with Gasteiger partial charge in [0.1, 0.15) is 5.82 Å². The summed E-state index contributed by atoms with van der Waals surface area (Å²) in [5.74, 6) is 0.143. The van der Waals surface area contributed by atoms with Crippen molar-refractivity contribution in [3.63, 3.8) is 0 Å². The van der Waals surface area contributed by atoms with E-state index in [0.717, 1.165) is 5.56 Å². The van der Waals surface area contributed by atoms with E-state index < -0.39 is 10.0 Å². The number of nitrogens with zero attached hydrogens (tertiary/aromatic N) is 2. The van der Waals surface area contributed by atoms with Crippen molar-refractivity contribution in [3.8, 4) is 0 Å². The highest BCUT2D eigenvalue weighted by atomic mass is 35.5. The molecule has 0 bridgehead atoms. The molecular weight excluding hydrogens is 298 g/mol. The van der Waals surface area contributed by atoms with Crippen LogP contribution in [-0.2, 0) is 10.0 Å². The van der Waals surface area contributed by atoms with E-state index in [1.54, 1.807) is 13.8 Å². The molecule has 1 heterocycles. The Kier molecular flexibility index (Phi) is 3.96. The van der Waals surface area contributed by atoms with E-state index in [-0.39, 0.29) is 16.0 Å². The van der Waals surface area contributed by atoms with Gasteiger partial charge in [0, 0.05) is 6.20 Å². The Morgan fingerprint density at radius 3 is 2.30 bits per heavy atom. The molecule has 5 nitrogen and oxygen atoms in total. The van der Waals surface area contributed by atoms with Gasteiger partial charge in [0.2, 0.25) is 5.28 Å². The smallest absolute Gasteiger partial charge is 0.263 e. The number of aryl methyl sites for hydroxylation is 3. The first-order valence-electron chi connectivity index (χ1n) is 5.89. The van der Waals surface area contributed by atoms with E-state index >= 15 is 0 Å². The number of rotatable bonds is 3. The van der Waals surface area contributed by atoms with Gasteiger partial charge in [-0.3, -0.25) is 4.72 Å². The molecule has 106 valence electrons. The standard InChI is InChI=1S/C13H14ClN3O2S/c1-8-6-9(2)12(10(3)7-8)20(18,19)17-11-4-5-15-13(14)16-11/h4-7H,1-3H3,(H,15,16,17). The number of halogens is 1. The van der Waals surface area contributed by atoms with Gasteiger partial charge in [-0.2, -0.15) is 4.98 Å². The lowest BCUT2D eigenvalue weighted by Gasteiger charge is -2.13. The van der Waals surface area contributed by atoms with E-state index in [0.29, 0.717) is 11.1 Å². The molecule has 0 spiro atoms. The minimum absolute atomic E-state index is 0.0115. The van der Waals surface area contributed by atoms with E-state index in [1.807, 2.05) is 19.1 Å². The lowest BCUT2D eigenvalue weighted by molar-refractivity contribution is 0.600. The Labute approximate surface area is 123 Å². The van der Waals surface area contributed by atoms with E-state index in [9.17, 15) is 8.42 Å². The first-order valence-corrected chi connectivity index (χ1v) is 7.75. The second-order valence-electron chi connectivity index (χ2n) is 4.54.